The van der Waals surface area contributed by atoms with Gasteiger partial charge in [-0.1, -0.05) is 115 Å². The topological polar surface area (TPSA) is 258 Å². The molecule has 3 saturated heterocycles. The van der Waals surface area contributed by atoms with Gasteiger partial charge >= 0.3 is 6.09 Å². The molecular formula is C62H71ClN10O9. The van der Waals surface area contributed by atoms with Gasteiger partial charge in [0.15, 0.2) is 5.78 Å². The van der Waals surface area contributed by atoms with Crippen molar-refractivity contribution in [2.24, 2.45) is 11.7 Å². The number of fused-ring (bicyclic) bond motifs is 2. The summed E-state index contributed by atoms with van der Waals surface area (Å²) in [5.74, 6) is -4.24. The third-order valence-electron chi connectivity index (χ3n) is 15.2. The normalized spacial score (nSPS) is 22.5. The molecule has 4 heterocycles. The second kappa shape index (κ2) is 28.5. The van der Waals surface area contributed by atoms with E-state index in [0.717, 1.165) is 27.6 Å². The summed E-state index contributed by atoms with van der Waals surface area (Å²) < 4.78 is 11.9. The molecule has 9 rings (SSSR count). The smallest absolute Gasteiger partial charge is 0.407 e. The van der Waals surface area contributed by atoms with Crippen LogP contribution in [-0.4, -0.2) is 145 Å². The number of ketones is 1. The summed E-state index contributed by atoms with van der Waals surface area (Å²) in [6, 6.07) is 34.2. The number of rotatable bonds is 17. The van der Waals surface area contributed by atoms with E-state index in [-0.39, 0.29) is 64.7 Å². The number of H-pyrrole nitrogens is 1. The van der Waals surface area contributed by atoms with E-state index in [1.54, 1.807) is 54.7 Å². The van der Waals surface area contributed by atoms with E-state index in [9.17, 15) is 4.79 Å². The molecule has 0 saturated carbocycles. The number of nitrogens with two attached hydrogens (primary N) is 1. The number of hydrogen-bond donors (Lipinski definition) is 8. The fourth-order valence-corrected chi connectivity index (χ4v) is 11.1. The molecule has 19 nitrogen and oxygen atoms in total. The van der Waals surface area contributed by atoms with Gasteiger partial charge in [-0.25, -0.2) is 4.79 Å². The third-order valence-corrected chi connectivity index (χ3v) is 15.5. The molecule has 9 N–H and O–H groups in total. The highest BCUT2D eigenvalue weighted by Crippen LogP contribution is 2.26. The number of aryl methyl sites for hydroxylation is 1. The van der Waals surface area contributed by atoms with Gasteiger partial charge in [0, 0.05) is 100 Å². The Labute approximate surface area is 481 Å². The number of aromatic amines is 1. The van der Waals surface area contributed by atoms with E-state index < -0.39 is 83.6 Å². The molecule has 6 amide bonds. The zero-order valence-corrected chi connectivity index (χ0v) is 46.4. The summed E-state index contributed by atoms with van der Waals surface area (Å²) in [5, 5.41) is 19.1. The average molecular weight is 1140 g/mol. The summed E-state index contributed by atoms with van der Waals surface area (Å²) in [6.45, 7) is 2.95. The van der Waals surface area contributed by atoms with Gasteiger partial charge in [0.1, 0.15) is 42.6 Å². The first kappa shape index (κ1) is 58.6. The van der Waals surface area contributed by atoms with Gasteiger partial charge in [-0.15, -0.1) is 0 Å². The lowest BCUT2D eigenvalue weighted by Gasteiger charge is -2.33. The number of para-hydroxylation sites is 1. The van der Waals surface area contributed by atoms with E-state index in [4.69, 9.17) is 26.8 Å². The van der Waals surface area contributed by atoms with Crippen molar-refractivity contribution >= 4 is 63.9 Å². The number of Topliss-reactive ketones (excluding diaryl/α,β-unsaturated/α-hetero) is 1. The maximum absolute atomic E-state index is 15.5. The largest absolute Gasteiger partial charge is 0.489 e. The highest BCUT2D eigenvalue weighted by atomic mass is 35.5. The Kier molecular flexibility index (Phi) is 20.4. The summed E-state index contributed by atoms with van der Waals surface area (Å²) in [7, 11) is 0. The number of halogens is 1. The minimum absolute atomic E-state index is 0.0379. The molecular weight excluding hydrogens is 1060 g/mol. The van der Waals surface area contributed by atoms with Gasteiger partial charge < -0.3 is 61.9 Å². The number of aromatic nitrogens is 1. The van der Waals surface area contributed by atoms with Crippen molar-refractivity contribution in [1.29, 1.82) is 0 Å². The molecule has 3 fully saturated rings. The number of carbonyl (C=O) groups excluding carboxylic acids is 7. The fourth-order valence-electron chi connectivity index (χ4n) is 10.9. The number of alkyl carbamates (subject to hydrolysis) is 1. The molecule has 6 aromatic rings. The first-order valence-corrected chi connectivity index (χ1v) is 28.4. The molecule has 430 valence electrons. The highest BCUT2D eigenvalue weighted by Gasteiger charge is 2.45. The Morgan fingerprint density at radius 2 is 1.33 bits per heavy atom. The molecule has 0 unspecified atom stereocenters. The minimum atomic E-state index is -1.38. The number of nitrogens with zero attached hydrogens (tertiary/aromatic N) is 2. The summed E-state index contributed by atoms with van der Waals surface area (Å²) >= 11 is 6.50. The van der Waals surface area contributed by atoms with Crippen LogP contribution in [0.1, 0.15) is 47.1 Å². The van der Waals surface area contributed by atoms with Crippen LogP contribution in [0.3, 0.4) is 0 Å². The molecule has 3 aliphatic rings. The number of ether oxygens (including phenoxy) is 2. The molecule has 82 heavy (non-hydrogen) atoms. The number of benzene rings is 5. The van der Waals surface area contributed by atoms with Gasteiger partial charge in [-0.2, -0.15) is 0 Å². The lowest BCUT2D eigenvalue weighted by Crippen LogP contribution is -2.60. The van der Waals surface area contributed by atoms with Crippen molar-refractivity contribution in [3.63, 3.8) is 0 Å². The van der Waals surface area contributed by atoms with Crippen molar-refractivity contribution < 1.29 is 43.0 Å². The van der Waals surface area contributed by atoms with Crippen LogP contribution in [0.25, 0.3) is 10.9 Å². The van der Waals surface area contributed by atoms with E-state index in [1.807, 2.05) is 84.9 Å². The fraction of sp³-hybridized carbons (Fsp3) is 0.371. The summed E-state index contributed by atoms with van der Waals surface area (Å²) in [6.07, 6.45) is -0.203. The highest BCUT2D eigenvalue weighted by molar-refractivity contribution is 6.30. The molecule has 3 aliphatic heterocycles. The summed E-state index contributed by atoms with van der Waals surface area (Å²) in [5.41, 5.74) is 10.3. The third kappa shape index (κ3) is 16.1. The van der Waals surface area contributed by atoms with Gasteiger partial charge in [0.2, 0.25) is 29.5 Å². The maximum Gasteiger partial charge on any atom is 0.407 e. The van der Waals surface area contributed by atoms with Crippen LogP contribution < -0.4 is 42.4 Å². The van der Waals surface area contributed by atoms with Crippen molar-refractivity contribution in [2.75, 3.05) is 52.4 Å². The molecule has 1 aromatic heterocycles. The summed E-state index contributed by atoms with van der Waals surface area (Å²) in [4.78, 5) is 111. The van der Waals surface area contributed by atoms with Crippen LogP contribution in [0.2, 0.25) is 5.02 Å². The Bertz CT molecular complexity index is 3160. The second-order valence-corrected chi connectivity index (χ2v) is 21.6. The van der Waals surface area contributed by atoms with Crippen LogP contribution >= 0.6 is 11.6 Å². The van der Waals surface area contributed by atoms with Gasteiger partial charge in [-0.3, -0.25) is 28.8 Å². The van der Waals surface area contributed by atoms with Crippen molar-refractivity contribution in [2.45, 2.75) is 87.9 Å². The lowest BCUT2D eigenvalue weighted by molar-refractivity contribution is -0.143. The Morgan fingerprint density at radius 3 is 2.07 bits per heavy atom. The Hall–Kier alpha value is -8.10. The minimum Gasteiger partial charge on any atom is -0.489 e. The van der Waals surface area contributed by atoms with E-state index in [1.165, 1.54) is 4.90 Å². The van der Waals surface area contributed by atoms with Crippen LogP contribution in [0.4, 0.5) is 4.79 Å². The first-order chi connectivity index (χ1) is 39.8. The van der Waals surface area contributed by atoms with Crippen LogP contribution in [0, 0.1) is 5.92 Å². The van der Waals surface area contributed by atoms with Crippen molar-refractivity contribution in [3.05, 3.63) is 172 Å². The molecule has 0 radical (unpaired) electrons. The van der Waals surface area contributed by atoms with Crippen LogP contribution in [-0.2, 0) is 65.8 Å². The van der Waals surface area contributed by atoms with Gasteiger partial charge in [0.25, 0.3) is 0 Å². The molecule has 0 aliphatic carbocycles. The van der Waals surface area contributed by atoms with E-state index in [2.05, 4.69) is 41.8 Å². The zero-order chi connectivity index (χ0) is 57.4. The number of amides is 6. The average Bonchev–Trinajstić information content (AvgIpc) is 4.29. The monoisotopic (exact) mass is 1130 g/mol. The van der Waals surface area contributed by atoms with Crippen LogP contribution in [0.5, 0.6) is 5.75 Å². The second-order valence-electron chi connectivity index (χ2n) is 21.2. The first-order valence-electron chi connectivity index (χ1n) is 28.1. The van der Waals surface area contributed by atoms with E-state index in [0.29, 0.717) is 61.1 Å². The van der Waals surface area contributed by atoms with Crippen LogP contribution in [0.15, 0.2) is 140 Å². The Balaban J connectivity index is 1.11. The quantitative estimate of drug-likeness (QED) is 0.0641. The van der Waals surface area contributed by atoms with Gasteiger partial charge in [-0.05, 0) is 71.0 Å². The lowest BCUT2D eigenvalue weighted by atomic mass is 9.92. The number of hydrogen-bond acceptors (Lipinski definition) is 12. The predicted molar refractivity (Wildman–Crippen MR) is 310 cm³/mol. The zero-order valence-electron chi connectivity index (χ0n) is 45.7. The van der Waals surface area contributed by atoms with E-state index >= 15 is 28.8 Å². The van der Waals surface area contributed by atoms with Gasteiger partial charge in [0.05, 0.1) is 18.5 Å². The van der Waals surface area contributed by atoms with Crippen molar-refractivity contribution in [1.82, 2.24) is 46.7 Å². The Morgan fingerprint density at radius 1 is 0.671 bits per heavy atom. The SMILES string of the molecule is NCCNC(=O)O[C@@H]1C[C@H]2C(=O)N[C@@H](CCc3ccccc3)C(=O)N[C@H](Cc3c[nH]c4ccccc34)C(=O)C[C@@H](CN3CCNCC3)C(=O)N[C@@H](Cc3ccc(OCc4ccccc4)cc3)C(=O)N[C@@H](Cc3cccc(Cl)c3)C(=O)N2C1. The maximum atomic E-state index is 15.5. The molecule has 5 aromatic carbocycles. The molecule has 7 atom stereocenters. The molecule has 20 heteroatoms. The predicted octanol–water partition coefficient (Wildman–Crippen LogP) is 4.15. The number of carbonyl (C=O) groups is 7. The molecule has 0 bridgehead atoms. The number of nitrogens with one attached hydrogen (secondary N) is 7. The van der Waals surface area contributed by atoms with Crippen molar-refractivity contribution in [3.8, 4) is 5.75 Å². The number of piperazine rings is 1. The molecule has 0 spiro atoms. The standard InChI is InChI=1S/C62H71ClN10O9/c63-46-15-9-14-43(30-46)32-54-61(79)73-38-48(82-62(80)66-25-24-64)35-55(73)60(78)68-51(23-20-40-10-3-1-4-11-40)58(76)69-52(33-44-36-67-50-17-8-7-16-49(44)50)56(74)34-45(37-72-28-26-65-27-29-72)57(75)70-53(59(77)71-54)31-41-18-21-47(22-19-41)81-39-42-12-5-2-6-13-42/h1-19,21-22,30,36,45,48,51-55,65,67H,20,23-29,31-35,37-39,64H2,(H,66,80)(H,68,78)(H,69,76)(H,70,75)(H,71,77)/t45-,48+,51-,52+,53-,54-,55-/m0/s1.